The molecule has 3 aromatic rings. The van der Waals surface area contributed by atoms with Crippen LogP contribution in [-0.2, 0) is 11.8 Å². The maximum atomic E-state index is 12.9. The van der Waals surface area contributed by atoms with E-state index in [-0.39, 0.29) is 22.8 Å². The van der Waals surface area contributed by atoms with Gasteiger partial charge in [-0.25, -0.2) is 4.98 Å². The van der Waals surface area contributed by atoms with Crippen LogP contribution >= 0.6 is 11.6 Å². The third kappa shape index (κ3) is 2.77. The highest BCUT2D eigenvalue weighted by Gasteiger charge is 2.26. The number of morpholine rings is 1. The van der Waals surface area contributed by atoms with Gasteiger partial charge in [-0.15, -0.1) is 0 Å². The summed E-state index contributed by atoms with van der Waals surface area (Å²) in [4.78, 5) is 19.5. The van der Waals surface area contributed by atoms with Crippen LogP contribution < -0.4 is 10.5 Å². The lowest BCUT2D eigenvalue weighted by atomic mass is 10.2. The lowest BCUT2D eigenvalue weighted by molar-refractivity contribution is -0.00524. The van der Waals surface area contributed by atoms with E-state index in [2.05, 4.69) is 15.0 Å². The summed E-state index contributed by atoms with van der Waals surface area (Å²) in [6, 6.07) is 7.69. The maximum absolute atomic E-state index is 12.9. The number of rotatable bonds is 2. The minimum absolute atomic E-state index is 0.0667. The zero-order valence-electron chi connectivity index (χ0n) is 14.9. The number of hydrogen-bond donors (Lipinski definition) is 0. The van der Waals surface area contributed by atoms with E-state index in [4.69, 9.17) is 16.3 Å². The Morgan fingerprint density at radius 3 is 2.58 bits per heavy atom. The number of nitrogens with zero attached hydrogens (tertiary/aromatic N) is 5. The topological polar surface area (TPSA) is 65.2 Å². The van der Waals surface area contributed by atoms with Gasteiger partial charge in [-0.1, -0.05) is 23.7 Å². The van der Waals surface area contributed by atoms with Crippen LogP contribution in [0.5, 0.6) is 0 Å². The van der Waals surface area contributed by atoms with E-state index in [9.17, 15) is 4.79 Å². The second kappa shape index (κ2) is 6.41. The van der Waals surface area contributed by atoms with Gasteiger partial charge in [0.15, 0.2) is 0 Å². The smallest absolute Gasteiger partial charge is 0.295 e. The molecule has 1 fully saturated rings. The third-order valence-electron chi connectivity index (χ3n) is 4.61. The first-order valence-corrected chi connectivity index (χ1v) is 8.93. The number of benzene rings is 1. The number of hydrogen-bond acceptors (Lipinski definition) is 5. The van der Waals surface area contributed by atoms with Gasteiger partial charge >= 0.3 is 0 Å². The van der Waals surface area contributed by atoms with Gasteiger partial charge in [0.25, 0.3) is 5.56 Å². The highest BCUT2D eigenvalue weighted by atomic mass is 35.5. The molecule has 1 aliphatic rings. The molecule has 0 N–H and O–H groups in total. The van der Waals surface area contributed by atoms with Crippen molar-refractivity contribution in [1.29, 1.82) is 0 Å². The molecule has 136 valence electrons. The van der Waals surface area contributed by atoms with Crippen molar-refractivity contribution in [3.63, 3.8) is 0 Å². The van der Waals surface area contributed by atoms with Gasteiger partial charge in [-0.3, -0.25) is 4.79 Å². The number of halogens is 1. The van der Waals surface area contributed by atoms with Crippen molar-refractivity contribution in [2.75, 3.05) is 18.0 Å². The molecule has 3 heterocycles. The summed E-state index contributed by atoms with van der Waals surface area (Å²) in [5.41, 5.74) is 1.98. The minimum atomic E-state index is -0.380. The summed E-state index contributed by atoms with van der Waals surface area (Å²) in [5.74, 6) is 0.438. The predicted octanol–water partition coefficient (Wildman–Crippen LogP) is 2.39. The number of para-hydroxylation sites is 2. The van der Waals surface area contributed by atoms with E-state index >= 15 is 0 Å². The molecule has 4 rings (SSSR count). The van der Waals surface area contributed by atoms with Crippen LogP contribution in [0.2, 0.25) is 5.02 Å². The molecule has 8 heteroatoms. The molecule has 0 saturated carbocycles. The fraction of sp³-hybridized carbons (Fsp3) is 0.389. The molecular formula is C18H20ClN5O2. The summed E-state index contributed by atoms with van der Waals surface area (Å²) in [6.07, 6.45) is 1.77. The molecule has 2 atom stereocenters. The van der Waals surface area contributed by atoms with Crippen molar-refractivity contribution in [2.24, 2.45) is 7.05 Å². The average molecular weight is 374 g/mol. The maximum Gasteiger partial charge on any atom is 0.295 e. The molecule has 1 aromatic carbocycles. The standard InChI is InChI=1S/C18H20ClN5O2/c1-11-9-23(10-12(2)26-11)15-8-20-24(17(25)16(15)19)18-21-13-6-4-5-7-14(13)22(18)3/h4-8,11-12H,9-10H2,1-3H3/t11-,12-/m1/s1. The molecule has 26 heavy (non-hydrogen) atoms. The van der Waals surface area contributed by atoms with Crippen LogP contribution in [-0.4, -0.2) is 44.6 Å². The minimum Gasteiger partial charge on any atom is -0.372 e. The molecule has 0 amide bonds. The van der Waals surface area contributed by atoms with Crippen molar-refractivity contribution >= 4 is 28.3 Å². The summed E-state index contributed by atoms with van der Waals surface area (Å²) in [7, 11) is 1.85. The molecule has 1 aliphatic heterocycles. The summed E-state index contributed by atoms with van der Waals surface area (Å²) < 4.78 is 8.83. The van der Waals surface area contributed by atoms with Crippen molar-refractivity contribution in [3.05, 3.63) is 45.8 Å². The van der Waals surface area contributed by atoms with Crippen molar-refractivity contribution in [2.45, 2.75) is 26.1 Å². The molecule has 0 bridgehead atoms. The molecular weight excluding hydrogens is 354 g/mol. The normalized spacial score (nSPS) is 20.7. The van der Waals surface area contributed by atoms with E-state index in [1.54, 1.807) is 6.20 Å². The second-order valence-corrected chi connectivity index (χ2v) is 7.06. The Kier molecular flexibility index (Phi) is 4.20. The van der Waals surface area contributed by atoms with E-state index in [1.165, 1.54) is 4.68 Å². The SMILES string of the molecule is C[C@@H]1CN(c2cnn(-c3nc4ccccc4n3C)c(=O)c2Cl)C[C@@H](C)O1. The summed E-state index contributed by atoms with van der Waals surface area (Å²) in [5, 5.41) is 4.49. The van der Waals surface area contributed by atoms with Crippen LogP contribution in [0.25, 0.3) is 17.0 Å². The zero-order chi connectivity index (χ0) is 18.4. The largest absolute Gasteiger partial charge is 0.372 e. The lowest BCUT2D eigenvalue weighted by Gasteiger charge is -2.36. The fourth-order valence-corrected chi connectivity index (χ4v) is 3.73. The number of aryl methyl sites for hydroxylation is 1. The van der Waals surface area contributed by atoms with Gasteiger partial charge in [0.2, 0.25) is 5.95 Å². The van der Waals surface area contributed by atoms with E-state index in [1.807, 2.05) is 49.7 Å². The molecule has 1 saturated heterocycles. The first kappa shape index (κ1) is 17.1. The highest BCUT2D eigenvalue weighted by Crippen LogP contribution is 2.25. The Bertz CT molecular complexity index is 1020. The van der Waals surface area contributed by atoms with Crippen LogP contribution in [0, 0.1) is 0 Å². The number of fused-ring (bicyclic) bond motifs is 1. The lowest BCUT2D eigenvalue weighted by Crippen LogP contribution is -2.46. The van der Waals surface area contributed by atoms with Gasteiger partial charge in [-0.05, 0) is 26.0 Å². The van der Waals surface area contributed by atoms with E-state index in [0.29, 0.717) is 24.7 Å². The van der Waals surface area contributed by atoms with Gasteiger partial charge in [0, 0.05) is 20.1 Å². The second-order valence-electron chi connectivity index (χ2n) is 6.68. The molecule has 0 aliphatic carbocycles. The van der Waals surface area contributed by atoms with Crippen molar-refractivity contribution in [1.82, 2.24) is 19.3 Å². The van der Waals surface area contributed by atoms with Crippen LogP contribution in [0.3, 0.4) is 0 Å². The Morgan fingerprint density at radius 1 is 1.19 bits per heavy atom. The summed E-state index contributed by atoms with van der Waals surface area (Å²) in [6.45, 7) is 5.35. The van der Waals surface area contributed by atoms with Crippen molar-refractivity contribution < 1.29 is 4.74 Å². The van der Waals surface area contributed by atoms with E-state index in [0.717, 1.165) is 11.0 Å². The van der Waals surface area contributed by atoms with E-state index < -0.39 is 0 Å². The van der Waals surface area contributed by atoms with Crippen LogP contribution in [0.15, 0.2) is 35.3 Å². The van der Waals surface area contributed by atoms with Crippen LogP contribution in [0.4, 0.5) is 5.69 Å². The number of imidazole rings is 1. The molecule has 7 nitrogen and oxygen atoms in total. The third-order valence-corrected chi connectivity index (χ3v) is 4.97. The number of ether oxygens (including phenoxy) is 1. The van der Waals surface area contributed by atoms with Gasteiger partial charge < -0.3 is 14.2 Å². The Balaban J connectivity index is 1.79. The van der Waals surface area contributed by atoms with Gasteiger partial charge in [-0.2, -0.15) is 9.78 Å². The average Bonchev–Trinajstić information content (AvgIpc) is 2.93. The molecule has 0 spiro atoms. The van der Waals surface area contributed by atoms with Crippen LogP contribution in [0.1, 0.15) is 13.8 Å². The Labute approximate surface area is 155 Å². The highest BCUT2D eigenvalue weighted by molar-refractivity contribution is 6.33. The molecule has 2 aromatic heterocycles. The van der Waals surface area contributed by atoms with Crippen molar-refractivity contribution in [3.8, 4) is 5.95 Å². The van der Waals surface area contributed by atoms with Gasteiger partial charge in [0.1, 0.15) is 5.02 Å². The first-order valence-electron chi connectivity index (χ1n) is 8.55. The zero-order valence-corrected chi connectivity index (χ0v) is 15.6. The molecule has 0 unspecified atom stereocenters. The fourth-order valence-electron chi connectivity index (χ4n) is 3.48. The quantitative estimate of drug-likeness (QED) is 0.690. The predicted molar refractivity (Wildman–Crippen MR) is 101 cm³/mol. The number of aromatic nitrogens is 4. The number of anilines is 1. The first-order chi connectivity index (χ1) is 12.5. The Morgan fingerprint density at radius 2 is 1.88 bits per heavy atom. The monoisotopic (exact) mass is 373 g/mol. The van der Waals surface area contributed by atoms with Gasteiger partial charge in [0.05, 0.1) is 35.1 Å². The Hall–Kier alpha value is -2.38. The summed E-state index contributed by atoms with van der Waals surface area (Å²) >= 11 is 6.44. The molecule has 0 radical (unpaired) electrons.